The summed E-state index contributed by atoms with van der Waals surface area (Å²) in [5.41, 5.74) is 0.400. The average Bonchev–Trinajstić information content (AvgIpc) is 2.29. The van der Waals surface area contributed by atoms with Crippen molar-refractivity contribution in [3.8, 4) is 0 Å². The highest BCUT2D eigenvalue weighted by Crippen LogP contribution is 2.10. The number of hydrogen-bond acceptors (Lipinski definition) is 2. The number of carbonyl (C=O) groups excluding carboxylic acids is 1. The number of carboxylic acid groups (broad SMARTS) is 1. The van der Waals surface area contributed by atoms with Crippen molar-refractivity contribution in [2.45, 2.75) is 25.8 Å². The number of carbonyl (C=O) groups is 2. The molecule has 1 rings (SSSR count). The van der Waals surface area contributed by atoms with Crippen molar-refractivity contribution in [1.82, 2.24) is 5.32 Å². The van der Waals surface area contributed by atoms with Gasteiger partial charge in [-0.3, -0.25) is 4.79 Å². The Bertz CT molecular complexity index is 403. The van der Waals surface area contributed by atoms with Gasteiger partial charge in [0.05, 0.1) is 0 Å². The zero-order valence-electron chi connectivity index (χ0n) is 9.44. The Kier molecular flexibility index (Phi) is 4.97. The lowest BCUT2D eigenvalue weighted by molar-refractivity contribution is -0.139. The summed E-state index contributed by atoms with van der Waals surface area (Å²) in [5.74, 6) is -1.42. The minimum Gasteiger partial charge on any atom is -0.480 e. The lowest BCUT2D eigenvalue weighted by atomic mass is 10.1. The van der Waals surface area contributed by atoms with E-state index in [1.54, 1.807) is 24.3 Å². The van der Waals surface area contributed by atoms with Crippen LogP contribution in [-0.2, 0) is 4.79 Å². The van der Waals surface area contributed by atoms with Crippen LogP contribution in [0.1, 0.15) is 30.1 Å². The first-order valence-electron chi connectivity index (χ1n) is 5.33. The maximum Gasteiger partial charge on any atom is 0.326 e. The van der Waals surface area contributed by atoms with Gasteiger partial charge in [0.1, 0.15) is 6.04 Å². The molecule has 4 nitrogen and oxygen atoms in total. The van der Waals surface area contributed by atoms with Gasteiger partial charge in [0.2, 0.25) is 0 Å². The van der Waals surface area contributed by atoms with Gasteiger partial charge in [-0.15, -0.1) is 0 Å². The molecule has 0 bridgehead atoms. The molecule has 0 fully saturated rings. The van der Waals surface area contributed by atoms with Gasteiger partial charge < -0.3 is 10.4 Å². The quantitative estimate of drug-likeness (QED) is 0.849. The van der Waals surface area contributed by atoms with Gasteiger partial charge in [-0.1, -0.05) is 24.9 Å². The predicted molar refractivity (Wildman–Crippen MR) is 65.3 cm³/mol. The molecule has 0 radical (unpaired) electrons. The molecule has 5 heteroatoms. The fraction of sp³-hybridized carbons (Fsp3) is 0.333. The van der Waals surface area contributed by atoms with E-state index in [1.807, 2.05) is 6.92 Å². The fourth-order valence-corrected chi connectivity index (χ4v) is 1.51. The number of amides is 1. The molecule has 0 saturated heterocycles. The molecule has 0 aliphatic carbocycles. The minimum absolute atomic E-state index is 0.400. The maximum atomic E-state index is 11.7. The van der Waals surface area contributed by atoms with E-state index in [0.29, 0.717) is 23.4 Å². The molecule has 0 aromatic heterocycles. The van der Waals surface area contributed by atoms with E-state index in [9.17, 15) is 9.59 Å². The van der Waals surface area contributed by atoms with Crippen LogP contribution in [0, 0.1) is 0 Å². The maximum absolute atomic E-state index is 11.7. The Balaban J connectivity index is 2.70. The highest BCUT2D eigenvalue weighted by Gasteiger charge is 2.19. The largest absolute Gasteiger partial charge is 0.480 e. The van der Waals surface area contributed by atoms with Gasteiger partial charge in [-0.25, -0.2) is 4.79 Å². The van der Waals surface area contributed by atoms with Gasteiger partial charge in [0.25, 0.3) is 5.91 Å². The number of nitrogens with one attached hydrogen (secondary N) is 1. The topological polar surface area (TPSA) is 66.4 Å². The Morgan fingerprint density at radius 3 is 2.41 bits per heavy atom. The number of hydrogen-bond donors (Lipinski definition) is 2. The third-order valence-corrected chi connectivity index (χ3v) is 2.54. The third-order valence-electron chi connectivity index (χ3n) is 2.29. The SMILES string of the molecule is CCC[C@@H](NC(=O)c1ccc(Cl)cc1)C(=O)O. The van der Waals surface area contributed by atoms with E-state index in [0.717, 1.165) is 0 Å². The highest BCUT2D eigenvalue weighted by molar-refractivity contribution is 6.30. The van der Waals surface area contributed by atoms with E-state index < -0.39 is 17.9 Å². The second-order valence-corrected chi connectivity index (χ2v) is 4.10. The molecule has 17 heavy (non-hydrogen) atoms. The molecule has 92 valence electrons. The van der Waals surface area contributed by atoms with Crippen molar-refractivity contribution in [3.63, 3.8) is 0 Å². The number of aliphatic carboxylic acids is 1. The Labute approximate surface area is 105 Å². The summed E-state index contributed by atoms with van der Waals surface area (Å²) < 4.78 is 0. The van der Waals surface area contributed by atoms with Crippen molar-refractivity contribution < 1.29 is 14.7 Å². The van der Waals surface area contributed by atoms with Crippen molar-refractivity contribution in [1.29, 1.82) is 0 Å². The van der Waals surface area contributed by atoms with Crippen LogP contribution in [-0.4, -0.2) is 23.0 Å². The fourth-order valence-electron chi connectivity index (χ4n) is 1.39. The average molecular weight is 256 g/mol. The normalized spacial score (nSPS) is 11.9. The summed E-state index contributed by atoms with van der Waals surface area (Å²) in [4.78, 5) is 22.6. The van der Waals surface area contributed by atoms with E-state index in [-0.39, 0.29) is 0 Å². The number of rotatable bonds is 5. The Morgan fingerprint density at radius 1 is 1.35 bits per heavy atom. The van der Waals surface area contributed by atoms with Crippen molar-refractivity contribution >= 4 is 23.5 Å². The molecule has 0 heterocycles. The second-order valence-electron chi connectivity index (χ2n) is 3.66. The van der Waals surface area contributed by atoms with Crippen LogP contribution in [0.2, 0.25) is 5.02 Å². The zero-order chi connectivity index (χ0) is 12.8. The summed E-state index contributed by atoms with van der Waals surface area (Å²) in [6, 6.07) is 5.45. The first kappa shape index (κ1) is 13.5. The smallest absolute Gasteiger partial charge is 0.326 e. The Morgan fingerprint density at radius 2 is 1.94 bits per heavy atom. The summed E-state index contributed by atoms with van der Waals surface area (Å²) in [6.07, 6.45) is 1.10. The van der Waals surface area contributed by atoms with Gasteiger partial charge in [0.15, 0.2) is 0 Å². The first-order chi connectivity index (χ1) is 8.04. The molecule has 1 amide bonds. The number of carboxylic acids is 1. The van der Waals surface area contributed by atoms with Crippen LogP contribution in [0.15, 0.2) is 24.3 Å². The van der Waals surface area contributed by atoms with Crippen LogP contribution in [0.3, 0.4) is 0 Å². The van der Waals surface area contributed by atoms with Crippen molar-refractivity contribution in [3.05, 3.63) is 34.9 Å². The monoisotopic (exact) mass is 255 g/mol. The lowest BCUT2D eigenvalue weighted by Crippen LogP contribution is -2.40. The molecule has 0 saturated carbocycles. The highest BCUT2D eigenvalue weighted by atomic mass is 35.5. The molecule has 2 N–H and O–H groups in total. The van der Waals surface area contributed by atoms with E-state index >= 15 is 0 Å². The van der Waals surface area contributed by atoms with E-state index in [4.69, 9.17) is 16.7 Å². The molecule has 1 aromatic rings. The standard InChI is InChI=1S/C12H14ClNO3/c1-2-3-10(12(16)17)14-11(15)8-4-6-9(13)7-5-8/h4-7,10H,2-3H2,1H3,(H,14,15)(H,16,17)/t10-/m1/s1. The summed E-state index contributed by atoms with van der Waals surface area (Å²) in [5, 5.41) is 11.9. The van der Waals surface area contributed by atoms with Gasteiger partial charge in [0, 0.05) is 10.6 Å². The van der Waals surface area contributed by atoms with E-state index in [1.165, 1.54) is 0 Å². The molecule has 0 spiro atoms. The van der Waals surface area contributed by atoms with Crippen LogP contribution < -0.4 is 5.32 Å². The van der Waals surface area contributed by atoms with Crippen LogP contribution in [0.25, 0.3) is 0 Å². The van der Waals surface area contributed by atoms with Crippen LogP contribution >= 0.6 is 11.6 Å². The number of halogens is 1. The summed E-state index contributed by atoms with van der Waals surface area (Å²) >= 11 is 5.70. The summed E-state index contributed by atoms with van der Waals surface area (Å²) in [7, 11) is 0. The van der Waals surface area contributed by atoms with Crippen LogP contribution in [0.4, 0.5) is 0 Å². The molecule has 1 atom stereocenters. The predicted octanol–water partition coefficient (Wildman–Crippen LogP) is 2.32. The molecular weight excluding hydrogens is 242 g/mol. The first-order valence-corrected chi connectivity index (χ1v) is 5.71. The number of benzene rings is 1. The van der Waals surface area contributed by atoms with Gasteiger partial charge >= 0.3 is 5.97 Å². The molecular formula is C12H14ClNO3. The van der Waals surface area contributed by atoms with Gasteiger partial charge in [-0.05, 0) is 30.7 Å². The molecule has 0 aliphatic heterocycles. The third kappa shape index (κ3) is 4.07. The van der Waals surface area contributed by atoms with Crippen LogP contribution in [0.5, 0.6) is 0 Å². The Hall–Kier alpha value is -1.55. The second kappa shape index (κ2) is 6.25. The van der Waals surface area contributed by atoms with Gasteiger partial charge in [-0.2, -0.15) is 0 Å². The molecule has 0 aliphatic rings. The van der Waals surface area contributed by atoms with Crippen molar-refractivity contribution in [2.24, 2.45) is 0 Å². The minimum atomic E-state index is -1.02. The summed E-state index contributed by atoms with van der Waals surface area (Å²) in [6.45, 7) is 1.87. The zero-order valence-corrected chi connectivity index (χ0v) is 10.2. The lowest BCUT2D eigenvalue weighted by Gasteiger charge is -2.13. The van der Waals surface area contributed by atoms with Crippen molar-refractivity contribution in [2.75, 3.05) is 0 Å². The van der Waals surface area contributed by atoms with E-state index in [2.05, 4.69) is 5.32 Å². The molecule has 0 unspecified atom stereocenters. The molecule has 1 aromatic carbocycles.